The minimum atomic E-state index is 0.801. The number of para-hydroxylation sites is 1. The van der Waals surface area contributed by atoms with E-state index in [0.29, 0.717) is 0 Å². The Bertz CT molecular complexity index is 736. The fraction of sp³-hybridized carbons (Fsp3) is 0.286. The van der Waals surface area contributed by atoms with Gasteiger partial charge in [0.25, 0.3) is 0 Å². The maximum absolute atomic E-state index is 5.41. The van der Waals surface area contributed by atoms with Crippen LogP contribution < -0.4 is 0 Å². The van der Waals surface area contributed by atoms with Gasteiger partial charge in [0.2, 0.25) is 0 Å². The lowest BCUT2D eigenvalue weighted by atomic mass is 10.2. The third-order valence-electron chi connectivity index (χ3n) is 3.35. The van der Waals surface area contributed by atoms with Crippen molar-refractivity contribution in [1.82, 2.24) is 19.1 Å². The fourth-order valence-corrected chi connectivity index (χ4v) is 2.74. The van der Waals surface area contributed by atoms with E-state index in [1.807, 2.05) is 18.7 Å². The molecule has 2 heterocycles. The minimum Gasteiger partial charge on any atom is -0.337 e. The van der Waals surface area contributed by atoms with Gasteiger partial charge in [-0.3, -0.25) is 0 Å². The fourth-order valence-electron chi connectivity index (χ4n) is 2.45. The third kappa shape index (κ3) is 2.33. The van der Waals surface area contributed by atoms with Gasteiger partial charge in [-0.1, -0.05) is 12.1 Å². The number of aromatic nitrogens is 4. The summed E-state index contributed by atoms with van der Waals surface area (Å²) in [4.78, 5) is 7.32. The molecule has 0 atom stereocenters. The van der Waals surface area contributed by atoms with Crippen LogP contribution in [0.2, 0.25) is 0 Å². The summed E-state index contributed by atoms with van der Waals surface area (Å²) in [5, 5.41) is 0. The van der Waals surface area contributed by atoms with Crippen LogP contribution in [0.1, 0.15) is 12.0 Å². The normalized spacial score (nSPS) is 11.2. The maximum Gasteiger partial charge on any atom is 0.178 e. The van der Waals surface area contributed by atoms with Gasteiger partial charge in [-0.15, -0.1) is 0 Å². The highest BCUT2D eigenvalue weighted by Crippen LogP contribution is 2.18. The summed E-state index contributed by atoms with van der Waals surface area (Å²) in [6.45, 7) is 4.00. The molecule has 0 bridgehead atoms. The van der Waals surface area contributed by atoms with Gasteiger partial charge in [0.1, 0.15) is 0 Å². The molecule has 1 N–H and O–H groups in total. The number of aryl methyl sites for hydroxylation is 3. The highest BCUT2D eigenvalue weighted by Gasteiger charge is 2.06. The number of hydrogen-bond donors (Lipinski definition) is 1. The van der Waals surface area contributed by atoms with Crippen molar-refractivity contribution in [3.63, 3.8) is 0 Å². The van der Waals surface area contributed by atoms with Gasteiger partial charge < -0.3 is 14.1 Å². The van der Waals surface area contributed by atoms with Crippen LogP contribution >= 0.6 is 12.2 Å². The van der Waals surface area contributed by atoms with Crippen molar-refractivity contribution in [2.45, 2.75) is 26.4 Å². The molecule has 0 spiro atoms. The molecule has 0 unspecified atom stereocenters. The number of hydrogen-bond acceptors (Lipinski definition) is 2. The molecule has 0 amide bonds. The highest BCUT2D eigenvalue weighted by molar-refractivity contribution is 7.71. The minimum absolute atomic E-state index is 0.801. The zero-order valence-corrected chi connectivity index (χ0v) is 11.7. The second-order valence-electron chi connectivity index (χ2n) is 4.71. The zero-order chi connectivity index (χ0) is 13.2. The van der Waals surface area contributed by atoms with E-state index < -0.39 is 0 Å². The average Bonchev–Trinajstić information content (AvgIpc) is 2.99. The highest BCUT2D eigenvalue weighted by atomic mass is 32.1. The predicted molar refractivity (Wildman–Crippen MR) is 78.7 cm³/mol. The summed E-state index contributed by atoms with van der Waals surface area (Å²) < 4.78 is 5.08. The standard InChI is InChI=1S/C14H16N4S/c1-11-4-2-5-12-13(11)18(14(19)16-12)8-3-7-17-9-6-15-10-17/h2,4-6,9-10H,3,7-8H2,1H3,(H,16,19). The summed E-state index contributed by atoms with van der Waals surface area (Å²) in [5.41, 5.74) is 3.60. The maximum atomic E-state index is 5.41. The molecule has 0 saturated heterocycles. The van der Waals surface area contributed by atoms with Crippen LogP contribution in [0.4, 0.5) is 0 Å². The lowest BCUT2D eigenvalue weighted by molar-refractivity contribution is 0.567. The second-order valence-corrected chi connectivity index (χ2v) is 5.09. The van der Waals surface area contributed by atoms with Crippen molar-refractivity contribution < 1.29 is 0 Å². The Labute approximate surface area is 116 Å². The van der Waals surface area contributed by atoms with Gasteiger partial charge in [0.15, 0.2) is 4.77 Å². The van der Waals surface area contributed by atoms with E-state index in [9.17, 15) is 0 Å². The van der Waals surface area contributed by atoms with E-state index >= 15 is 0 Å². The Morgan fingerprint density at radius 2 is 2.21 bits per heavy atom. The molecule has 4 nitrogen and oxygen atoms in total. The van der Waals surface area contributed by atoms with Crippen LogP contribution in [0.3, 0.4) is 0 Å². The van der Waals surface area contributed by atoms with Gasteiger partial charge in [0, 0.05) is 25.5 Å². The predicted octanol–water partition coefficient (Wildman–Crippen LogP) is 3.29. The Morgan fingerprint density at radius 3 is 3.00 bits per heavy atom. The molecule has 0 aliphatic rings. The van der Waals surface area contributed by atoms with Gasteiger partial charge in [-0.25, -0.2) is 4.98 Å². The molecule has 5 heteroatoms. The number of H-pyrrole nitrogens is 1. The first-order valence-electron chi connectivity index (χ1n) is 6.39. The zero-order valence-electron chi connectivity index (χ0n) is 10.8. The molecule has 3 rings (SSSR count). The number of rotatable bonds is 4. The largest absolute Gasteiger partial charge is 0.337 e. The van der Waals surface area contributed by atoms with Gasteiger partial charge in [0.05, 0.1) is 17.4 Å². The van der Waals surface area contributed by atoms with E-state index in [1.165, 1.54) is 11.1 Å². The number of nitrogens with zero attached hydrogens (tertiary/aromatic N) is 3. The lowest BCUT2D eigenvalue weighted by Gasteiger charge is -2.07. The van der Waals surface area contributed by atoms with Crippen LogP contribution in [0.5, 0.6) is 0 Å². The molecule has 2 aromatic heterocycles. The summed E-state index contributed by atoms with van der Waals surface area (Å²) in [5.74, 6) is 0. The number of nitrogens with one attached hydrogen (secondary N) is 1. The molecular weight excluding hydrogens is 256 g/mol. The van der Waals surface area contributed by atoms with E-state index in [4.69, 9.17) is 12.2 Å². The molecule has 0 aliphatic carbocycles. The number of imidazole rings is 2. The molecule has 19 heavy (non-hydrogen) atoms. The van der Waals surface area contributed by atoms with E-state index in [2.05, 4.69) is 44.2 Å². The average molecular weight is 272 g/mol. The smallest absolute Gasteiger partial charge is 0.178 e. The van der Waals surface area contributed by atoms with E-state index in [1.54, 1.807) is 0 Å². The monoisotopic (exact) mass is 272 g/mol. The first-order chi connectivity index (χ1) is 9.25. The summed E-state index contributed by atoms with van der Waals surface area (Å²) in [7, 11) is 0. The molecule has 1 aromatic carbocycles. The second kappa shape index (κ2) is 5.01. The van der Waals surface area contributed by atoms with Gasteiger partial charge in [-0.05, 0) is 37.2 Å². The van der Waals surface area contributed by atoms with Crippen molar-refractivity contribution >= 4 is 23.3 Å². The van der Waals surface area contributed by atoms with Crippen molar-refractivity contribution in [2.24, 2.45) is 0 Å². The summed E-state index contributed by atoms with van der Waals surface area (Å²) in [6.07, 6.45) is 6.67. The van der Waals surface area contributed by atoms with Crippen LogP contribution in [0, 0.1) is 11.7 Å². The van der Waals surface area contributed by atoms with Crippen molar-refractivity contribution in [2.75, 3.05) is 0 Å². The SMILES string of the molecule is Cc1cccc2[nH]c(=S)n(CCCn3ccnc3)c12. The first kappa shape index (κ1) is 12.2. The molecule has 98 valence electrons. The Kier molecular flexibility index (Phi) is 3.21. The quantitative estimate of drug-likeness (QED) is 0.740. The molecule has 0 aliphatic heterocycles. The third-order valence-corrected chi connectivity index (χ3v) is 3.67. The van der Waals surface area contributed by atoms with Gasteiger partial charge >= 0.3 is 0 Å². The molecule has 3 aromatic rings. The lowest BCUT2D eigenvalue weighted by Crippen LogP contribution is -2.03. The molecular formula is C14H16N4S. The Balaban J connectivity index is 1.84. The first-order valence-corrected chi connectivity index (χ1v) is 6.80. The topological polar surface area (TPSA) is 38.5 Å². The van der Waals surface area contributed by atoms with Crippen LogP contribution in [0.15, 0.2) is 36.9 Å². The summed E-state index contributed by atoms with van der Waals surface area (Å²) >= 11 is 5.41. The van der Waals surface area contributed by atoms with Crippen molar-refractivity contribution in [3.05, 3.63) is 47.3 Å². The number of benzene rings is 1. The molecule has 0 radical (unpaired) electrons. The number of fused-ring (bicyclic) bond motifs is 1. The molecule has 0 fully saturated rings. The van der Waals surface area contributed by atoms with Crippen molar-refractivity contribution in [1.29, 1.82) is 0 Å². The molecule has 0 saturated carbocycles. The Morgan fingerprint density at radius 1 is 1.32 bits per heavy atom. The van der Waals surface area contributed by atoms with Gasteiger partial charge in [-0.2, -0.15) is 0 Å². The Hall–Kier alpha value is -1.88. The summed E-state index contributed by atoms with van der Waals surface area (Å²) in [6, 6.07) is 6.25. The van der Waals surface area contributed by atoms with Crippen LogP contribution in [-0.2, 0) is 13.1 Å². The van der Waals surface area contributed by atoms with E-state index in [-0.39, 0.29) is 0 Å². The number of aromatic amines is 1. The van der Waals surface area contributed by atoms with Crippen molar-refractivity contribution in [3.8, 4) is 0 Å². The van der Waals surface area contributed by atoms with Crippen LogP contribution in [0.25, 0.3) is 11.0 Å². The van der Waals surface area contributed by atoms with E-state index in [0.717, 1.165) is 29.8 Å². The van der Waals surface area contributed by atoms with Crippen LogP contribution in [-0.4, -0.2) is 19.1 Å².